The molecule has 1 amide bonds. The summed E-state index contributed by atoms with van der Waals surface area (Å²) in [6.45, 7) is 1.54. The van der Waals surface area contributed by atoms with Crippen LogP contribution in [-0.2, 0) is 16.1 Å². The summed E-state index contributed by atoms with van der Waals surface area (Å²) in [5, 5.41) is 10.8. The van der Waals surface area contributed by atoms with Crippen LogP contribution in [0.2, 0.25) is 0 Å². The highest BCUT2D eigenvalue weighted by molar-refractivity contribution is 14.1. The molecule has 2 fully saturated rings. The number of rotatable bonds is 7. The number of ether oxygens (including phenoxy) is 2. The number of nitro benzene ring substituents is 1. The maximum atomic E-state index is 12.9. The molecule has 4 rings (SSSR count). The van der Waals surface area contributed by atoms with Gasteiger partial charge in [-0.25, -0.2) is 0 Å². The van der Waals surface area contributed by atoms with Gasteiger partial charge in [0.05, 0.1) is 29.6 Å². The molecule has 2 aromatic carbocycles. The average molecular weight is 708 g/mol. The van der Waals surface area contributed by atoms with Crippen molar-refractivity contribution in [1.29, 1.82) is 0 Å². The number of halogens is 2. The van der Waals surface area contributed by atoms with Gasteiger partial charge < -0.3 is 9.47 Å². The number of benzene rings is 2. The number of hydrogen-bond acceptors (Lipinski definition) is 7. The van der Waals surface area contributed by atoms with Crippen molar-refractivity contribution in [1.82, 2.24) is 4.90 Å². The molecule has 33 heavy (non-hydrogen) atoms. The monoisotopic (exact) mass is 708 g/mol. The van der Waals surface area contributed by atoms with E-state index in [1.807, 2.05) is 18.2 Å². The first-order valence-corrected chi connectivity index (χ1v) is 13.4. The van der Waals surface area contributed by atoms with Crippen molar-refractivity contribution < 1.29 is 19.2 Å². The van der Waals surface area contributed by atoms with Crippen molar-refractivity contribution in [3.05, 3.63) is 69.7 Å². The summed E-state index contributed by atoms with van der Waals surface area (Å²) in [5.41, 5.74) is 1.78. The maximum absolute atomic E-state index is 12.9. The van der Waals surface area contributed by atoms with E-state index in [-0.39, 0.29) is 17.7 Å². The van der Waals surface area contributed by atoms with E-state index >= 15 is 0 Å². The van der Waals surface area contributed by atoms with Crippen molar-refractivity contribution in [2.24, 2.45) is 0 Å². The maximum Gasteiger partial charge on any atom is 0.269 e. The van der Waals surface area contributed by atoms with Gasteiger partial charge in [-0.2, -0.15) is 0 Å². The first kappa shape index (κ1) is 24.8. The molecule has 2 heterocycles. The smallest absolute Gasteiger partial charge is 0.269 e. The van der Waals surface area contributed by atoms with E-state index in [0.717, 1.165) is 43.5 Å². The number of carbonyl (C=O) groups is 1. The minimum absolute atomic E-state index is 0.0495. The lowest BCUT2D eigenvalue weighted by Crippen LogP contribution is -2.35. The fourth-order valence-corrected chi connectivity index (χ4v) is 6.87. The van der Waals surface area contributed by atoms with Crippen LogP contribution in [0.15, 0.2) is 41.3 Å². The number of amides is 1. The molecule has 2 aliphatic heterocycles. The van der Waals surface area contributed by atoms with Crippen LogP contribution in [0.4, 0.5) is 5.69 Å². The predicted octanol–water partition coefficient (Wildman–Crippen LogP) is 5.76. The van der Waals surface area contributed by atoms with Crippen molar-refractivity contribution in [3.8, 4) is 5.75 Å². The summed E-state index contributed by atoms with van der Waals surface area (Å²) in [7, 11) is 0. The zero-order valence-corrected chi connectivity index (χ0v) is 23.1. The Morgan fingerprint density at radius 3 is 2.58 bits per heavy atom. The number of thiocarbonyl (C=S) groups is 1. The Morgan fingerprint density at radius 1 is 1.27 bits per heavy atom. The topological polar surface area (TPSA) is 81.9 Å². The van der Waals surface area contributed by atoms with Crippen LogP contribution in [0.3, 0.4) is 0 Å². The SMILES string of the molecule is O=C1/C(=C/c2cc(I)c(OCc3ccc([N+](=O)[O-])cc3)c(I)c2)SC(=S)N1C[C@H]1CCCO1. The average Bonchev–Trinajstić information content (AvgIpc) is 3.38. The standard InChI is InChI=1S/C22H18I2N2O5S2/c23-17-8-14(10-19-21(27)25(22(32)33-19)11-16-2-1-7-30-16)9-18(24)20(17)31-12-13-3-5-15(6-4-13)26(28)29/h3-6,8-10,16H,1-2,7,11-12H2/b19-10-/t16-/m1/s1. The summed E-state index contributed by atoms with van der Waals surface area (Å²) in [6.07, 6.45) is 3.89. The molecule has 2 saturated heterocycles. The number of nitrogens with zero attached hydrogens (tertiary/aromatic N) is 2. The lowest BCUT2D eigenvalue weighted by atomic mass is 10.2. The molecule has 0 aromatic heterocycles. The molecule has 0 unspecified atom stereocenters. The molecule has 0 saturated carbocycles. The van der Waals surface area contributed by atoms with Gasteiger partial charge >= 0.3 is 0 Å². The van der Waals surface area contributed by atoms with E-state index in [1.165, 1.54) is 23.9 Å². The Hall–Kier alpha value is -1.29. The second kappa shape index (κ2) is 11.0. The largest absolute Gasteiger partial charge is 0.487 e. The molecule has 0 radical (unpaired) electrons. The third kappa shape index (κ3) is 6.05. The second-order valence-corrected chi connectivity index (χ2v) is 11.5. The summed E-state index contributed by atoms with van der Waals surface area (Å²) in [4.78, 5) is 25.5. The van der Waals surface area contributed by atoms with Crippen LogP contribution in [0, 0.1) is 17.3 Å². The van der Waals surface area contributed by atoms with Crippen LogP contribution in [0.25, 0.3) is 6.08 Å². The van der Waals surface area contributed by atoms with Gasteiger partial charge in [-0.1, -0.05) is 24.0 Å². The Kier molecular flexibility index (Phi) is 8.25. The van der Waals surface area contributed by atoms with Crippen molar-refractivity contribution in [3.63, 3.8) is 0 Å². The van der Waals surface area contributed by atoms with Crippen LogP contribution in [-0.4, -0.2) is 39.3 Å². The first-order valence-electron chi connectivity index (χ1n) is 10.0. The third-order valence-corrected chi connectivity index (χ3v) is 8.11. The van der Waals surface area contributed by atoms with E-state index in [1.54, 1.807) is 17.0 Å². The van der Waals surface area contributed by atoms with E-state index in [4.69, 9.17) is 21.7 Å². The zero-order valence-electron chi connectivity index (χ0n) is 17.2. The van der Waals surface area contributed by atoms with Gasteiger partial charge in [0.2, 0.25) is 0 Å². The van der Waals surface area contributed by atoms with Crippen molar-refractivity contribution in [2.45, 2.75) is 25.6 Å². The normalized spacial score (nSPS) is 19.5. The molecule has 1 atom stereocenters. The van der Waals surface area contributed by atoms with E-state index in [9.17, 15) is 14.9 Å². The van der Waals surface area contributed by atoms with Crippen LogP contribution in [0.5, 0.6) is 5.75 Å². The molecule has 2 aliphatic rings. The van der Waals surface area contributed by atoms with Gasteiger partial charge in [0, 0.05) is 18.7 Å². The highest BCUT2D eigenvalue weighted by Crippen LogP contribution is 2.36. The quantitative estimate of drug-likeness (QED) is 0.119. The molecular formula is C22H18I2N2O5S2. The molecule has 0 bridgehead atoms. The highest BCUT2D eigenvalue weighted by atomic mass is 127. The predicted molar refractivity (Wildman–Crippen MR) is 148 cm³/mol. The molecule has 11 heteroatoms. The number of thioether (sulfide) groups is 1. The fraction of sp³-hybridized carbons (Fsp3) is 0.273. The number of hydrogen-bond donors (Lipinski definition) is 0. The fourth-order valence-electron chi connectivity index (χ4n) is 3.47. The minimum atomic E-state index is -0.425. The minimum Gasteiger partial charge on any atom is -0.487 e. The number of non-ortho nitro benzene ring substituents is 1. The molecule has 172 valence electrons. The summed E-state index contributed by atoms with van der Waals surface area (Å²) in [5.74, 6) is 0.654. The van der Waals surface area contributed by atoms with E-state index in [2.05, 4.69) is 45.2 Å². The van der Waals surface area contributed by atoms with Gasteiger partial charge in [-0.05, 0) is 99.5 Å². The molecular weight excluding hydrogens is 690 g/mol. The highest BCUT2D eigenvalue weighted by Gasteiger charge is 2.34. The van der Waals surface area contributed by atoms with Gasteiger partial charge in [0.1, 0.15) is 16.7 Å². The van der Waals surface area contributed by atoms with E-state index in [0.29, 0.717) is 22.4 Å². The van der Waals surface area contributed by atoms with Crippen molar-refractivity contribution in [2.75, 3.05) is 13.2 Å². The van der Waals surface area contributed by atoms with Gasteiger partial charge in [0.25, 0.3) is 11.6 Å². The number of nitro groups is 1. The Morgan fingerprint density at radius 2 is 1.97 bits per heavy atom. The lowest BCUT2D eigenvalue weighted by molar-refractivity contribution is -0.384. The molecule has 0 aliphatic carbocycles. The van der Waals surface area contributed by atoms with Gasteiger partial charge in [-0.15, -0.1) is 0 Å². The molecule has 0 N–H and O–H groups in total. The number of carbonyl (C=O) groups excluding carboxylic acids is 1. The third-order valence-electron chi connectivity index (χ3n) is 5.13. The summed E-state index contributed by atoms with van der Waals surface area (Å²) < 4.78 is 14.0. The van der Waals surface area contributed by atoms with Crippen LogP contribution >= 0.6 is 69.2 Å². The van der Waals surface area contributed by atoms with Gasteiger partial charge in [-0.3, -0.25) is 19.8 Å². The van der Waals surface area contributed by atoms with E-state index < -0.39 is 4.92 Å². The zero-order chi connectivity index (χ0) is 23.5. The summed E-state index contributed by atoms with van der Waals surface area (Å²) in [6, 6.07) is 10.2. The van der Waals surface area contributed by atoms with Crippen molar-refractivity contribution >= 4 is 91.2 Å². The molecule has 7 nitrogen and oxygen atoms in total. The second-order valence-electron chi connectivity index (χ2n) is 7.45. The van der Waals surface area contributed by atoms with Crippen LogP contribution in [0.1, 0.15) is 24.0 Å². The summed E-state index contributed by atoms with van der Waals surface area (Å²) >= 11 is 11.2. The van der Waals surface area contributed by atoms with Crippen LogP contribution < -0.4 is 4.74 Å². The molecule has 2 aromatic rings. The first-order chi connectivity index (χ1) is 15.8. The Balaban J connectivity index is 1.45. The lowest BCUT2D eigenvalue weighted by Gasteiger charge is -2.18. The molecule has 0 spiro atoms. The Labute approximate surface area is 227 Å². The van der Waals surface area contributed by atoms with Gasteiger partial charge in [0.15, 0.2) is 0 Å². The Bertz CT molecular complexity index is 1110.